The van der Waals surface area contributed by atoms with Crippen molar-refractivity contribution >= 4 is 29.4 Å². The predicted octanol–water partition coefficient (Wildman–Crippen LogP) is 5.99. The molecule has 2 aromatic heterocycles. The van der Waals surface area contributed by atoms with Crippen LogP contribution in [0.15, 0.2) is 42.6 Å². The van der Waals surface area contributed by atoms with Gasteiger partial charge in [-0.05, 0) is 74.8 Å². The van der Waals surface area contributed by atoms with Crippen LogP contribution in [0.1, 0.15) is 60.9 Å². The minimum absolute atomic E-state index is 0.0191. The van der Waals surface area contributed by atoms with E-state index in [0.717, 1.165) is 48.2 Å². The number of nitrogens with one attached hydrogen (secondary N) is 2. The molecule has 3 aromatic rings. The predicted molar refractivity (Wildman–Crippen MR) is 156 cm³/mol. The van der Waals surface area contributed by atoms with E-state index in [1.54, 1.807) is 4.90 Å². The summed E-state index contributed by atoms with van der Waals surface area (Å²) in [6, 6.07) is 11.3. The lowest BCUT2D eigenvalue weighted by Crippen LogP contribution is -2.29. The van der Waals surface area contributed by atoms with Crippen LogP contribution in [0.5, 0.6) is 0 Å². The summed E-state index contributed by atoms with van der Waals surface area (Å²) in [5.41, 5.74) is 3.48. The molecular formula is C30H36F3N7O2. The summed E-state index contributed by atoms with van der Waals surface area (Å²) in [5.74, 6) is 2.11. The van der Waals surface area contributed by atoms with Gasteiger partial charge in [0.05, 0.1) is 11.3 Å². The SMILES string of the molecule is CC1CCCN1c1nc2c(c(Nc3ccc(C4CC4)cc3)n1)CCN(c1ncccc1C(F)(F)F)CC2.CNC(=O)O. The number of alkyl halides is 3. The van der Waals surface area contributed by atoms with Crippen molar-refractivity contribution in [1.29, 1.82) is 0 Å². The Kier molecular flexibility index (Phi) is 8.69. The number of anilines is 4. The molecule has 1 saturated heterocycles. The first-order valence-electron chi connectivity index (χ1n) is 14.3. The van der Waals surface area contributed by atoms with Crippen LogP contribution >= 0.6 is 0 Å². The molecule has 2 aliphatic heterocycles. The average Bonchev–Trinajstić information content (AvgIpc) is 3.77. The van der Waals surface area contributed by atoms with Crippen LogP contribution < -0.4 is 20.4 Å². The van der Waals surface area contributed by atoms with Crippen LogP contribution in [0.3, 0.4) is 0 Å². The number of aromatic nitrogens is 3. The quantitative estimate of drug-likeness (QED) is 0.337. The average molecular weight is 584 g/mol. The second kappa shape index (κ2) is 12.4. The fraction of sp³-hybridized carbons (Fsp3) is 0.467. The Bertz CT molecular complexity index is 1400. The molecule has 1 saturated carbocycles. The minimum Gasteiger partial charge on any atom is -0.465 e. The Morgan fingerprint density at radius 1 is 1.02 bits per heavy atom. The second-order valence-corrected chi connectivity index (χ2v) is 10.9. The lowest BCUT2D eigenvalue weighted by Gasteiger charge is -2.24. The molecule has 3 aliphatic rings. The van der Waals surface area contributed by atoms with Crippen LogP contribution in [-0.4, -0.2) is 58.9 Å². The molecule has 6 rings (SSSR count). The number of hydrogen-bond acceptors (Lipinski definition) is 7. The van der Waals surface area contributed by atoms with Crippen molar-refractivity contribution < 1.29 is 23.1 Å². The van der Waals surface area contributed by atoms with Gasteiger partial charge in [0.25, 0.3) is 0 Å². The van der Waals surface area contributed by atoms with Gasteiger partial charge in [-0.3, -0.25) is 0 Å². The van der Waals surface area contributed by atoms with E-state index in [1.807, 2.05) is 5.32 Å². The molecule has 0 bridgehead atoms. The Morgan fingerprint density at radius 2 is 1.74 bits per heavy atom. The molecule has 9 nitrogen and oxygen atoms in total. The molecule has 2 fully saturated rings. The molecule has 224 valence electrons. The molecule has 1 aromatic carbocycles. The van der Waals surface area contributed by atoms with Crippen molar-refractivity contribution in [3.63, 3.8) is 0 Å². The van der Waals surface area contributed by atoms with Gasteiger partial charge in [-0.25, -0.2) is 14.8 Å². The zero-order valence-corrected chi connectivity index (χ0v) is 23.8. The Morgan fingerprint density at radius 3 is 2.36 bits per heavy atom. The molecule has 1 amide bonds. The summed E-state index contributed by atoms with van der Waals surface area (Å²) in [4.78, 5) is 27.3. The van der Waals surface area contributed by atoms with Crippen molar-refractivity contribution in [2.75, 3.05) is 41.8 Å². The summed E-state index contributed by atoms with van der Waals surface area (Å²) >= 11 is 0. The molecule has 1 atom stereocenters. The normalized spacial score (nSPS) is 18.5. The van der Waals surface area contributed by atoms with E-state index in [1.165, 1.54) is 37.7 Å². The van der Waals surface area contributed by atoms with Crippen molar-refractivity contribution in [3.8, 4) is 0 Å². The first-order chi connectivity index (χ1) is 20.1. The zero-order valence-electron chi connectivity index (χ0n) is 23.8. The Balaban J connectivity index is 0.000000652. The molecule has 1 unspecified atom stereocenters. The molecule has 3 N–H and O–H groups in total. The zero-order chi connectivity index (χ0) is 29.9. The minimum atomic E-state index is -4.46. The van der Waals surface area contributed by atoms with E-state index in [0.29, 0.717) is 43.8 Å². The molecule has 12 heteroatoms. The summed E-state index contributed by atoms with van der Waals surface area (Å²) in [7, 11) is 1.35. The standard InChI is InChI=1S/C28H31F3N6.C2H5NO2/c1-18-4-3-15-37(18)27-34-24-13-17-36(26-23(28(29,30)31)5-2-14-32-26)16-12-22(24)25(35-27)33-21-10-8-20(9-11-21)19-6-7-19;1-3-2(4)5/h2,5,8-11,14,18-19H,3-4,6-7,12-13,15-17H2,1H3,(H,33,34,35);3H,1H3,(H,4,5). The van der Waals surface area contributed by atoms with Crippen molar-refractivity contribution in [1.82, 2.24) is 20.3 Å². The van der Waals surface area contributed by atoms with Crippen molar-refractivity contribution in [2.45, 2.75) is 63.6 Å². The van der Waals surface area contributed by atoms with Crippen LogP contribution in [0.25, 0.3) is 0 Å². The topological polar surface area (TPSA) is 107 Å². The molecular weight excluding hydrogens is 547 g/mol. The third kappa shape index (κ3) is 6.85. The first kappa shape index (κ1) is 29.4. The fourth-order valence-corrected chi connectivity index (χ4v) is 5.52. The van der Waals surface area contributed by atoms with Gasteiger partial charge >= 0.3 is 12.3 Å². The lowest BCUT2D eigenvalue weighted by molar-refractivity contribution is -0.137. The third-order valence-electron chi connectivity index (χ3n) is 7.97. The number of benzene rings is 1. The smallest absolute Gasteiger partial charge is 0.419 e. The second-order valence-electron chi connectivity index (χ2n) is 10.9. The number of amides is 1. The summed E-state index contributed by atoms with van der Waals surface area (Å²) in [5, 5.41) is 13.1. The lowest BCUT2D eigenvalue weighted by atomic mass is 10.1. The largest absolute Gasteiger partial charge is 0.465 e. The number of rotatable bonds is 5. The van der Waals surface area contributed by atoms with Gasteiger partial charge < -0.3 is 25.5 Å². The molecule has 0 spiro atoms. The number of pyridine rings is 1. The van der Waals surface area contributed by atoms with E-state index in [-0.39, 0.29) is 5.82 Å². The first-order valence-corrected chi connectivity index (χ1v) is 14.3. The van der Waals surface area contributed by atoms with Crippen molar-refractivity contribution in [2.24, 2.45) is 0 Å². The van der Waals surface area contributed by atoms with E-state index in [2.05, 4.69) is 46.4 Å². The summed E-state index contributed by atoms with van der Waals surface area (Å²) in [6.07, 6.45) is 1.73. The highest BCUT2D eigenvalue weighted by molar-refractivity contribution is 5.64. The Labute approximate surface area is 243 Å². The van der Waals surface area contributed by atoms with Crippen molar-refractivity contribution in [3.05, 3.63) is 65.0 Å². The van der Waals surface area contributed by atoms with E-state index in [9.17, 15) is 18.0 Å². The number of halogens is 3. The number of hydrogen-bond donors (Lipinski definition) is 3. The van der Waals surface area contributed by atoms with Crippen LogP contribution in [0.2, 0.25) is 0 Å². The highest BCUT2D eigenvalue weighted by Crippen LogP contribution is 2.41. The summed E-state index contributed by atoms with van der Waals surface area (Å²) in [6.45, 7) is 3.91. The van der Waals surface area contributed by atoms with Gasteiger partial charge in [-0.1, -0.05) is 12.1 Å². The maximum Gasteiger partial charge on any atom is 0.419 e. The fourth-order valence-electron chi connectivity index (χ4n) is 5.52. The molecule has 1 aliphatic carbocycles. The highest BCUT2D eigenvalue weighted by atomic mass is 19.4. The molecule has 42 heavy (non-hydrogen) atoms. The monoisotopic (exact) mass is 583 g/mol. The number of carbonyl (C=O) groups is 1. The maximum absolute atomic E-state index is 13.7. The third-order valence-corrected chi connectivity index (χ3v) is 7.97. The van der Waals surface area contributed by atoms with Gasteiger partial charge in [0.15, 0.2) is 0 Å². The molecule has 4 heterocycles. The van der Waals surface area contributed by atoms with Gasteiger partial charge in [0, 0.05) is 56.6 Å². The summed E-state index contributed by atoms with van der Waals surface area (Å²) < 4.78 is 41.1. The van der Waals surface area contributed by atoms with Gasteiger partial charge in [-0.15, -0.1) is 0 Å². The maximum atomic E-state index is 13.7. The number of fused-ring (bicyclic) bond motifs is 1. The number of nitrogens with zero attached hydrogens (tertiary/aromatic N) is 5. The van der Waals surface area contributed by atoms with Crippen LogP contribution in [0, 0.1) is 0 Å². The van der Waals surface area contributed by atoms with Crippen LogP contribution in [0.4, 0.5) is 41.2 Å². The van der Waals surface area contributed by atoms with E-state index < -0.39 is 17.8 Å². The highest BCUT2D eigenvalue weighted by Gasteiger charge is 2.36. The van der Waals surface area contributed by atoms with E-state index >= 15 is 0 Å². The van der Waals surface area contributed by atoms with Gasteiger partial charge in [0.2, 0.25) is 5.95 Å². The molecule has 0 radical (unpaired) electrons. The van der Waals surface area contributed by atoms with Crippen LogP contribution in [-0.2, 0) is 19.0 Å². The van der Waals surface area contributed by atoms with E-state index in [4.69, 9.17) is 15.1 Å². The van der Waals surface area contributed by atoms with Gasteiger partial charge in [0.1, 0.15) is 11.6 Å². The number of carboxylic acid groups (broad SMARTS) is 1. The Hall–Kier alpha value is -4.09. The van der Waals surface area contributed by atoms with Gasteiger partial charge in [-0.2, -0.15) is 18.2 Å².